The van der Waals surface area contributed by atoms with Crippen LogP contribution < -0.4 is 14.9 Å². The van der Waals surface area contributed by atoms with Crippen molar-refractivity contribution in [1.82, 2.24) is 4.57 Å². The van der Waals surface area contributed by atoms with Gasteiger partial charge in [0.15, 0.2) is 4.80 Å². The molecule has 7 rings (SSSR count). The quantitative estimate of drug-likeness (QED) is 0.181. The fourth-order valence-corrected chi connectivity index (χ4v) is 6.89. The maximum absolute atomic E-state index is 14.0. The Hall–Kier alpha value is -4.53. The summed E-state index contributed by atoms with van der Waals surface area (Å²) in [5.74, 6) is 0.949. The summed E-state index contributed by atoms with van der Waals surface area (Å²) in [4.78, 5) is 30.6. The first-order valence-electron chi connectivity index (χ1n) is 13.1. The molecule has 7 nitrogen and oxygen atoms in total. The van der Waals surface area contributed by atoms with Crippen LogP contribution in [0.15, 0.2) is 98.6 Å². The van der Waals surface area contributed by atoms with Gasteiger partial charge in [0.2, 0.25) is 0 Å². The van der Waals surface area contributed by atoms with Crippen molar-refractivity contribution >= 4 is 40.4 Å². The Bertz CT molecular complexity index is 2100. The Morgan fingerprint density at radius 1 is 1.07 bits per heavy atom. The largest absolute Gasteiger partial charge is 0.457 e. The lowest BCUT2D eigenvalue weighted by Crippen LogP contribution is -2.38. The first kappa shape index (κ1) is 25.4. The monoisotopic (exact) mass is 579 g/mol. The predicted molar refractivity (Wildman–Crippen MR) is 160 cm³/mol. The second kappa shape index (κ2) is 9.83. The number of nitro groups is 1. The number of rotatable bonds is 4. The van der Waals surface area contributed by atoms with Crippen LogP contribution in [0, 0.1) is 17.0 Å². The van der Waals surface area contributed by atoms with Crippen molar-refractivity contribution in [2.45, 2.75) is 25.8 Å². The molecule has 41 heavy (non-hydrogen) atoms. The molecule has 5 aromatic rings. The normalized spacial score (nSPS) is 16.1. The second-order valence-electron chi connectivity index (χ2n) is 10.1. The highest BCUT2D eigenvalue weighted by Crippen LogP contribution is 2.42. The fraction of sp³-hybridized carbons (Fsp3) is 0.125. The Balaban J connectivity index is 1.38. The van der Waals surface area contributed by atoms with E-state index >= 15 is 0 Å². The van der Waals surface area contributed by atoms with Crippen LogP contribution in [-0.4, -0.2) is 9.49 Å². The van der Waals surface area contributed by atoms with Crippen molar-refractivity contribution in [3.8, 4) is 11.3 Å². The molecule has 0 radical (unpaired) electrons. The number of hydrogen-bond acceptors (Lipinski definition) is 6. The minimum Gasteiger partial charge on any atom is -0.457 e. The van der Waals surface area contributed by atoms with Gasteiger partial charge >= 0.3 is 0 Å². The van der Waals surface area contributed by atoms with E-state index in [1.54, 1.807) is 41.8 Å². The minimum atomic E-state index is -0.406. The molecule has 3 aromatic carbocycles. The van der Waals surface area contributed by atoms with Gasteiger partial charge in [-0.25, -0.2) is 4.99 Å². The number of aromatic nitrogens is 1. The predicted octanol–water partition coefficient (Wildman–Crippen LogP) is 6.45. The lowest BCUT2D eigenvalue weighted by atomic mass is 9.83. The van der Waals surface area contributed by atoms with Crippen molar-refractivity contribution in [3.05, 3.63) is 147 Å². The van der Waals surface area contributed by atoms with E-state index in [0.29, 0.717) is 37.0 Å². The summed E-state index contributed by atoms with van der Waals surface area (Å²) in [7, 11) is 0. The van der Waals surface area contributed by atoms with E-state index in [1.165, 1.54) is 23.0 Å². The molecule has 0 bridgehead atoms. The van der Waals surface area contributed by atoms with Gasteiger partial charge in [-0.05, 0) is 54.7 Å². The number of furan rings is 1. The third-order valence-corrected chi connectivity index (χ3v) is 8.99. The molecular weight excluding hydrogens is 558 g/mol. The number of nitro benzene ring substituents is 1. The second-order valence-corrected chi connectivity index (χ2v) is 11.5. The zero-order valence-corrected chi connectivity index (χ0v) is 23.4. The molecule has 0 unspecified atom stereocenters. The maximum atomic E-state index is 14.0. The van der Waals surface area contributed by atoms with Crippen LogP contribution in [0.1, 0.15) is 40.5 Å². The number of halogens is 1. The van der Waals surface area contributed by atoms with Crippen LogP contribution in [-0.2, 0) is 6.42 Å². The molecule has 1 atom stereocenters. The van der Waals surface area contributed by atoms with Crippen LogP contribution in [0.5, 0.6) is 0 Å². The van der Waals surface area contributed by atoms with E-state index in [1.807, 2.05) is 36.4 Å². The molecule has 9 heteroatoms. The third-order valence-electron chi connectivity index (χ3n) is 7.66. The Morgan fingerprint density at radius 2 is 1.88 bits per heavy atom. The molecule has 0 amide bonds. The topological polar surface area (TPSA) is 90.6 Å². The Labute approximate surface area is 243 Å². The highest BCUT2D eigenvalue weighted by Gasteiger charge is 2.33. The molecule has 2 aromatic heterocycles. The maximum Gasteiger partial charge on any atom is 0.273 e. The summed E-state index contributed by atoms with van der Waals surface area (Å²) in [5.41, 5.74) is 6.20. The summed E-state index contributed by atoms with van der Waals surface area (Å²) in [5, 5.41) is 12.0. The standard InChI is InChI=1S/C32H22ClN3O4S/c1-18-10-11-20(16-26(18)36(38)39)27-15-13-21(40-27)17-28-31(37)35-30(23-8-4-5-9-25(23)33)24-14-12-19-6-2-3-7-22(19)29(24)34-32(35)41-28/h2-11,13,15-17,30H,12,14H2,1H3/b28-17+/t30-/m0/s1. The van der Waals surface area contributed by atoms with Gasteiger partial charge in [0.05, 0.1) is 21.2 Å². The number of aryl methyl sites for hydroxylation is 2. The van der Waals surface area contributed by atoms with E-state index in [4.69, 9.17) is 21.0 Å². The van der Waals surface area contributed by atoms with Crippen molar-refractivity contribution in [3.63, 3.8) is 0 Å². The SMILES string of the molecule is Cc1ccc(-c2ccc(/C=c3/sc4n(c3=O)[C@@H](c3ccccc3Cl)C3=C(N=4)c4ccccc4CC3)o2)cc1[N+](=O)[O-]. The molecule has 0 N–H and O–H groups in total. The summed E-state index contributed by atoms with van der Waals surface area (Å²) in [6, 6.07) is 24.0. The van der Waals surface area contributed by atoms with Crippen molar-refractivity contribution in [2.24, 2.45) is 4.99 Å². The smallest absolute Gasteiger partial charge is 0.273 e. The molecule has 0 saturated heterocycles. The summed E-state index contributed by atoms with van der Waals surface area (Å²) in [6.45, 7) is 1.70. The van der Waals surface area contributed by atoms with Gasteiger partial charge in [-0.1, -0.05) is 77.5 Å². The zero-order chi connectivity index (χ0) is 28.2. The number of fused-ring (bicyclic) bond motifs is 3. The van der Waals surface area contributed by atoms with Gasteiger partial charge in [0, 0.05) is 33.9 Å². The molecule has 0 fully saturated rings. The lowest BCUT2D eigenvalue weighted by Gasteiger charge is -2.31. The van der Waals surface area contributed by atoms with Crippen LogP contribution in [0.2, 0.25) is 5.02 Å². The number of allylic oxidation sites excluding steroid dienone is 1. The molecule has 0 spiro atoms. The van der Waals surface area contributed by atoms with Gasteiger partial charge in [-0.15, -0.1) is 0 Å². The van der Waals surface area contributed by atoms with Crippen LogP contribution in [0.3, 0.4) is 0 Å². The van der Waals surface area contributed by atoms with Gasteiger partial charge in [0.1, 0.15) is 11.5 Å². The zero-order valence-electron chi connectivity index (χ0n) is 21.8. The van der Waals surface area contributed by atoms with Gasteiger partial charge in [0.25, 0.3) is 11.2 Å². The molecular formula is C32H22ClN3O4S. The van der Waals surface area contributed by atoms with Gasteiger partial charge in [-0.3, -0.25) is 19.5 Å². The fourth-order valence-electron chi connectivity index (χ4n) is 5.67. The van der Waals surface area contributed by atoms with E-state index in [9.17, 15) is 14.9 Å². The first-order valence-corrected chi connectivity index (χ1v) is 14.3. The molecule has 3 heterocycles. The summed E-state index contributed by atoms with van der Waals surface area (Å²) in [6.07, 6.45) is 3.35. The highest BCUT2D eigenvalue weighted by atomic mass is 35.5. The minimum absolute atomic E-state index is 0.0267. The molecule has 2 aliphatic rings. The number of hydrogen-bond donors (Lipinski definition) is 0. The van der Waals surface area contributed by atoms with Gasteiger partial charge in [-0.2, -0.15) is 0 Å². The Morgan fingerprint density at radius 3 is 2.71 bits per heavy atom. The van der Waals surface area contributed by atoms with E-state index in [0.717, 1.165) is 35.2 Å². The van der Waals surface area contributed by atoms with Crippen LogP contribution in [0.4, 0.5) is 5.69 Å². The van der Waals surface area contributed by atoms with E-state index in [-0.39, 0.29) is 17.3 Å². The van der Waals surface area contributed by atoms with Crippen molar-refractivity contribution in [1.29, 1.82) is 0 Å². The summed E-state index contributed by atoms with van der Waals surface area (Å²) < 4.78 is 8.25. The number of thiazole rings is 1. The van der Waals surface area contributed by atoms with Crippen LogP contribution >= 0.6 is 22.9 Å². The van der Waals surface area contributed by atoms with Crippen molar-refractivity contribution in [2.75, 3.05) is 0 Å². The highest BCUT2D eigenvalue weighted by molar-refractivity contribution is 7.07. The summed E-state index contributed by atoms with van der Waals surface area (Å²) >= 11 is 8.02. The molecule has 202 valence electrons. The molecule has 1 aliphatic heterocycles. The average Bonchev–Trinajstić information content (AvgIpc) is 3.56. The first-order chi connectivity index (χ1) is 19.9. The lowest BCUT2D eigenvalue weighted by molar-refractivity contribution is -0.385. The van der Waals surface area contributed by atoms with Gasteiger partial charge < -0.3 is 4.42 Å². The molecule has 0 saturated carbocycles. The average molecular weight is 580 g/mol. The molecule has 1 aliphatic carbocycles. The Kier molecular flexibility index (Phi) is 6.10. The third kappa shape index (κ3) is 4.27. The van der Waals surface area contributed by atoms with E-state index in [2.05, 4.69) is 12.1 Å². The number of benzene rings is 3. The van der Waals surface area contributed by atoms with Crippen molar-refractivity contribution < 1.29 is 9.34 Å². The van der Waals surface area contributed by atoms with Crippen LogP contribution in [0.25, 0.3) is 23.1 Å². The van der Waals surface area contributed by atoms with E-state index < -0.39 is 4.92 Å². The number of nitrogens with zero attached hydrogens (tertiary/aromatic N) is 3.